The van der Waals surface area contributed by atoms with E-state index in [-0.39, 0.29) is 0 Å². The summed E-state index contributed by atoms with van der Waals surface area (Å²) in [6.45, 7) is 0. The predicted octanol–water partition coefficient (Wildman–Crippen LogP) is -1.76. The van der Waals surface area contributed by atoms with Crippen LogP contribution in [-0.4, -0.2) is 58.8 Å². The molecule has 0 spiro atoms. The summed E-state index contributed by atoms with van der Waals surface area (Å²) in [6.07, 6.45) is 0. The number of hydrogen-bond acceptors (Lipinski definition) is 4. The van der Waals surface area contributed by atoms with Crippen molar-refractivity contribution in [1.82, 2.24) is 0 Å². The second kappa shape index (κ2) is 4.45. The molecule has 0 aliphatic carbocycles. The first-order chi connectivity index (χ1) is 3.72. The van der Waals surface area contributed by atoms with Crippen LogP contribution in [0.25, 0.3) is 0 Å². The fourth-order valence-electron chi connectivity index (χ4n) is 0.0745. The Morgan fingerprint density at radius 1 is 1.00 bits per heavy atom. The van der Waals surface area contributed by atoms with E-state index in [4.69, 9.17) is 0 Å². The molecule has 0 aliphatic heterocycles. The Bertz CT molecular complexity index is 96.6. The van der Waals surface area contributed by atoms with Gasteiger partial charge in [0.15, 0.2) is 0 Å². The van der Waals surface area contributed by atoms with Gasteiger partial charge in [-0.25, -0.2) is 0 Å². The van der Waals surface area contributed by atoms with Gasteiger partial charge in [0.1, 0.15) is 0 Å². The Balaban J connectivity index is 3.64. The third-order valence-electron chi connectivity index (χ3n) is 0.332. The second-order valence-corrected chi connectivity index (χ2v) is 1.80. The summed E-state index contributed by atoms with van der Waals surface area (Å²) in [5.41, 5.74) is 0. The monoisotopic (exact) mass is 330 g/mol. The summed E-state index contributed by atoms with van der Waals surface area (Å²) < 4.78 is 8.09. The molecular formula is C2O4Sb2. The predicted molar refractivity (Wildman–Crippen MR) is 23.7 cm³/mol. The van der Waals surface area contributed by atoms with Gasteiger partial charge < -0.3 is 0 Å². The Labute approximate surface area is 74.0 Å². The van der Waals surface area contributed by atoms with Crippen LogP contribution in [0.5, 0.6) is 0 Å². The van der Waals surface area contributed by atoms with Crippen molar-refractivity contribution < 1.29 is 15.6 Å². The minimum absolute atomic E-state index is 0.797. The van der Waals surface area contributed by atoms with E-state index >= 15 is 0 Å². The van der Waals surface area contributed by atoms with Gasteiger partial charge in [-0.15, -0.1) is 0 Å². The van der Waals surface area contributed by atoms with E-state index in [0.29, 0.717) is 0 Å². The molecule has 0 saturated carbocycles. The molecule has 0 fully saturated rings. The molecule has 8 heavy (non-hydrogen) atoms. The van der Waals surface area contributed by atoms with Crippen LogP contribution in [0.2, 0.25) is 0 Å². The van der Waals surface area contributed by atoms with Crippen LogP contribution >= 0.6 is 0 Å². The van der Waals surface area contributed by atoms with Gasteiger partial charge in [0.2, 0.25) is 0 Å². The van der Waals surface area contributed by atoms with Crippen molar-refractivity contribution in [3.8, 4) is 0 Å². The van der Waals surface area contributed by atoms with Gasteiger partial charge in [-0.05, 0) is 0 Å². The van der Waals surface area contributed by atoms with Crippen molar-refractivity contribution in [2.24, 2.45) is 0 Å². The molecule has 42 valence electrons. The Kier molecular flexibility index (Phi) is 4.78. The second-order valence-electron chi connectivity index (χ2n) is 0.757. The van der Waals surface area contributed by atoms with Gasteiger partial charge in [0.25, 0.3) is 0 Å². The van der Waals surface area contributed by atoms with E-state index in [9.17, 15) is 9.59 Å². The van der Waals surface area contributed by atoms with Crippen molar-refractivity contribution in [1.29, 1.82) is 0 Å². The summed E-state index contributed by atoms with van der Waals surface area (Å²) in [6, 6.07) is 0. The van der Waals surface area contributed by atoms with Crippen molar-refractivity contribution in [2.45, 2.75) is 0 Å². The SMILES string of the molecule is O=C([O][Sb])C(=O)[O][Sb]. The van der Waals surface area contributed by atoms with Crippen LogP contribution in [0.4, 0.5) is 0 Å². The molecule has 0 atom stereocenters. The molecule has 0 aromatic heterocycles. The fraction of sp³-hybridized carbons (Fsp3) is 0. The zero-order valence-electron chi connectivity index (χ0n) is 3.53. The first kappa shape index (κ1) is 8.58. The number of carbonyl (C=O) groups excluding carboxylic acids is 2. The average molecular weight is 332 g/mol. The van der Waals surface area contributed by atoms with Crippen LogP contribution in [0, 0.1) is 0 Å². The first-order valence-corrected chi connectivity index (χ1v) is 3.52. The molecule has 0 aromatic rings. The summed E-state index contributed by atoms with van der Waals surface area (Å²) in [7, 11) is 0. The number of hydrogen-bond donors (Lipinski definition) is 0. The number of rotatable bonds is 0. The molecule has 0 bridgehead atoms. The van der Waals surface area contributed by atoms with E-state index in [2.05, 4.69) is 6.03 Å². The van der Waals surface area contributed by atoms with E-state index in [1.54, 1.807) is 0 Å². The van der Waals surface area contributed by atoms with Crippen LogP contribution in [0.1, 0.15) is 0 Å². The Hall–Kier alpha value is 0.576. The summed E-state index contributed by atoms with van der Waals surface area (Å²) in [5.74, 6) is -1.89. The van der Waals surface area contributed by atoms with Crippen LogP contribution < -0.4 is 0 Å². The molecule has 0 saturated heterocycles. The minimum atomic E-state index is -0.944. The maximum atomic E-state index is 10.1. The number of carbonyl (C=O) groups is 2. The van der Waals surface area contributed by atoms with Crippen LogP contribution in [-0.2, 0) is 15.6 Å². The summed E-state index contributed by atoms with van der Waals surface area (Å²) >= 11 is 1.59. The van der Waals surface area contributed by atoms with Crippen molar-refractivity contribution in [2.75, 3.05) is 0 Å². The van der Waals surface area contributed by atoms with Gasteiger partial charge in [0, 0.05) is 0 Å². The van der Waals surface area contributed by atoms with Gasteiger partial charge >= 0.3 is 74.4 Å². The molecule has 0 aliphatic rings. The topological polar surface area (TPSA) is 52.6 Å². The van der Waals surface area contributed by atoms with Gasteiger partial charge in [-0.3, -0.25) is 0 Å². The fourth-order valence-corrected chi connectivity index (χ4v) is 0.500. The van der Waals surface area contributed by atoms with E-state index < -0.39 is 11.9 Å². The molecule has 4 radical (unpaired) electrons. The van der Waals surface area contributed by atoms with E-state index in [0.717, 1.165) is 46.9 Å². The van der Waals surface area contributed by atoms with Crippen molar-refractivity contribution in [3.05, 3.63) is 0 Å². The molecule has 4 nitrogen and oxygen atoms in total. The molecule has 0 N–H and O–H groups in total. The first-order valence-electron chi connectivity index (χ1n) is 1.43. The third kappa shape index (κ3) is 2.78. The zero-order chi connectivity index (χ0) is 6.57. The van der Waals surface area contributed by atoms with Gasteiger partial charge in [-0.1, -0.05) is 0 Å². The molecule has 0 heterocycles. The normalized spacial score (nSPS) is 7.75. The quantitative estimate of drug-likeness (QED) is 0.390. The Morgan fingerprint density at radius 3 is 1.38 bits per heavy atom. The zero-order valence-corrected chi connectivity index (χ0v) is 8.63. The van der Waals surface area contributed by atoms with Crippen LogP contribution in [0.3, 0.4) is 0 Å². The molecule has 0 rings (SSSR count). The maximum absolute atomic E-state index is 10.1. The molecular weight excluding hydrogens is 332 g/mol. The van der Waals surface area contributed by atoms with Crippen molar-refractivity contribution in [3.63, 3.8) is 0 Å². The Morgan fingerprint density at radius 2 is 1.25 bits per heavy atom. The molecule has 6 heteroatoms. The van der Waals surface area contributed by atoms with Gasteiger partial charge in [-0.2, -0.15) is 0 Å². The van der Waals surface area contributed by atoms with Crippen molar-refractivity contribution >= 4 is 58.8 Å². The molecule has 0 aromatic carbocycles. The average Bonchev–Trinajstić information content (AvgIpc) is 1.84. The third-order valence-corrected chi connectivity index (χ3v) is 1.28. The van der Waals surface area contributed by atoms with Crippen LogP contribution in [0.15, 0.2) is 0 Å². The van der Waals surface area contributed by atoms with E-state index in [1.807, 2.05) is 0 Å². The van der Waals surface area contributed by atoms with Gasteiger partial charge in [0.05, 0.1) is 0 Å². The van der Waals surface area contributed by atoms with E-state index in [1.165, 1.54) is 0 Å². The standard InChI is InChI=1S/C2H2O4.2Sb/c3-1(4)2(5)6;;/h(H,3,4)(H,5,6);;/q;2*+1/p-2. The molecule has 0 unspecified atom stereocenters. The molecule has 0 amide bonds. The summed E-state index contributed by atoms with van der Waals surface area (Å²) in [4.78, 5) is 20.1. The summed E-state index contributed by atoms with van der Waals surface area (Å²) in [5, 5.41) is 0.